The SMILES string of the molecule is CC[Si](CC)(CC)C1=C(N2CCC[C@H]2COC)CC=C1. The van der Waals surface area contributed by atoms with Crippen LogP contribution in [-0.4, -0.2) is 39.3 Å². The predicted octanol–water partition coefficient (Wildman–Crippen LogP) is 4.36. The molecular formula is C17H31NOSi. The quantitative estimate of drug-likeness (QED) is 0.647. The molecule has 2 nitrogen and oxygen atoms in total. The van der Waals surface area contributed by atoms with Crippen LogP contribution in [-0.2, 0) is 4.74 Å². The second-order valence-electron chi connectivity index (χ2n) is 6.25. The summed E-state index contributed by atoms with van der Waals surface area (Å²) in [6.45, 7) is 9.34. The number of nitrogens with zero attached hydrogens (tertiary/aromatic N) is 1. The fourth-order valence-corrected chi connectivity index (χ4v) is 8.10. The van der Waals surface area contributed by atoms with Crippen LogP contribution in [0, 0.1) is 0 Å². The molecule has 1 aliphatic carbocycles. The number of ether oxygens (including phenoxy) is 1. The highest BCUT2D eigenvalue weighted by molar-refractivity contribution is 6.87. The van der Waals surface area contributed by atoms with Crippen molar-refractivity contribution in [2.45, 2.75) is 64.2 Å². The summed E-state index contributed by atoms with van der Waals surface area (Å²) in [4.78, 5) is 2.68. The minimum Gasteiger partial charge on any atom is -0.383 e. The van der Waals surface area contributed by atoms with E-state index in [0.29, 0.717) is 6.04 Å². The lowest BCUT2D eigenvalue weighted by atomic mass is 10.2. The molecule has 0 saturated carbocycles. The van der Waals surface area contributed by atoms with Crippen molar-refractivity contribution in [3.05, 3.63) is 23.0 Å². The highest BCUT2D eigenvalue weighted by Gasteiger charge is 2.37. The van der Waals surface area contributed by atoms with Crippen LogP contribution < -0.4 is 0 Å². The molecule has 1 saturated heterocycles. The number of rotatable bonds is 7. The van der Waals surface area contributed by atoms with E-state index in [1.165, 1.54) is 37.5 Å². The molecule has 1 heterocycles. The highest BCUT2D eigenvalue weighted by Crippen LogP contribution is 2.39. The summed E-state index contributed by atoms with van der Waals surface area (Å²) < 4.78 is 5.44. The van der Waals surface area contributed by atoms with Crippen LogP contribution >= 0.6 is 0 Å². The average Bonchev–Trinajstić information content (AvgIpc) is 3.11. The van der Waals surface area contributed by atoms with Crippen molar-refractivity contribution in [1.82, 2.24) is 4.90 Å². The van der Waals surface area contributed by atoms with Gasteiger partial charge in [-0.25, -0.2) is 0 Å². The molecule has 2 aliphatic rings. The van der Waals surface area contributed by atoms with Crippen molar-refractivity contribution in [2.75, 3.05) is 20.3 Å². The molecule has 0 unspecified atom stereocenters. The Morgan fingerprint density at radius 2 is 1.95 bits per heavy atom. The van der Waals surface area contributed by atoms with E-state index in [2.05, 4.69) is 37.8 Å². The molecule has 0 aromatic heterocycles. The number of hydrogen-bond donors (Lipinski definition) is 0. The van der Waals surface area contributed by atoms with Gasteiger partial charge >= 0.3 is 0 Å². The van der Waals surface area contributed by atoms with Crippen LogP contribution in [0.1, 0.15) is 40.0 Å². The molecule has 0 bridgehead atoms. The van der Waals surface area contributed by atoms with Gasteiger partial charge in [-0.1, -0.05) is 51.1 Å². The summed E-state index contributed by atoms with van der Waals surface area (Å²) in [5.74, 6) is 0. The second kappa shape index (κ2) is 6.95. The molecule has 0 aromatic carbocycles. The molecule has 1 aliphatic heterocycles. The molecule has 1 fully saturated rings. The summed E-state index contributed by atoms with van der Waals surface area (Å²) in [6, 6.07) is 4.76. The first-order chi connectivity index (χ1) is 9.72. The third-order valence-corrected chi connectivity index (χ3v) is 11.2. The summed E-state index contributed by atoms with van der Waals surface area (Å²) in [5, 5.41) is 1.76. The maximum Gasteiger partial charge on any atom is 0.0881 e. The van der Waals surface area contributed by atoms with Crippen molar-refractivity contribution in [2.24, 2.45) is 0 Å². The topological polar surface area (TPSA) is 12.5 Å². The van der Waals surface area contributed by atoms with Gasteiger partial charge in [0.15, 0.2) is 0 Å². The molecule has 0 amide bonds. The summed E-state index contributed by atoms with van der Waals surface area (Å²) >= 11 is 0. The standard InChI is InChI=1S/C17H31NOSi/c1-5-20(6-2,7-3)17-12-8-11-16(17)18-13-9-10-15(18)14-19-4/h8,12,15H,5-7,9-11,13-14H2,1-4H3/t15-/m0/s1. The van der Waals surface area contributed by atoms with Gasteiger partial charge < -0.3 is 9.64 Å². The summed E-state index contributed by atoms with van der Waals surface area (Å²) in [7, 11) is 0.578. The Morgan fingerprint density at radius 3 is 2.55 bits per heavy atom. The third-order valence-electron chi connectivity index (χ3n) is 5.59. The van der Waals surface area contributed by atoms with Crippen molar-refractivity contribution >= 4 is 8.07 Å². The van der Waals surface area contributed by atoms with Gasteiger partial charge in [-0.2, -0.15) is 0 Å². The molecule has 3 heteroatoms. The average molecular weight is 294 g/mol. The molecule has 0 radical (unpaired) electrons. The van der Waals surface area contributed by atoms with E-state index in [1.807, 2.05) is 7.11 Å². The zero-order chi connectivity index (χ0) is 14.6. The highest BCUT2D eigenvalue weighted by atomic mass is 28.3. The third kappa shape index (κ3) is 2.75. The van der Waals surface area contributed by atoms with E-state index < -0.39 is 8.07 Å². The number of hydrogen-bond acceptors (Lipinski definition) is 2. The van der Waals surface area contributed by atoms with Gasteiger partial charge in [-0.05, 0) is 18.0 Å². The van der Waals surface area contributed by atoms with Crippen LogP contribution in [0.4, 0.5) is 0 Å². The van der Waals surface area contributed by atoms with Crippen LogP contribution in [0.5, 0.6) is 0 Å². The van der Waals surface area contributed by atoms with Gasteiger partial charge in [-0.15, -0.1) is 0 Å². The minimum atomic E-state index is -1.26. The molecule has 0 spiro atoms. The lowest BCUT2D eigenvalue weighted by Crippen LogP contribution is -2.39. The number of allylic oxidation sites excluding steroid dienone is 3. The largest absolute Gasteiger partial charge is 0.383 e. The maximum absolute atomic E-state index is 5.44. The van der Waals surface area contributed by atoms with Crippen molar-refractivity contribution < 1.29 is 4.74 Å². The first kappa shape index (κ1) is 15.8. The molecule has 0 aromatic rings. The fourth-order valence-electron chi connectivity index (χ4n) is 4.13. The Hall–Kier alpha value is -0.543. The zero-order valence-corrected chi connectivity index (χ0v) is 14.7. The van der Waals surface area contributed by atoms with Gasteiger partial charge in [0.1, 0.15) is 0 Å². The first-order valence-corrected chi connectivity index (χ1v) is 11.0. The van der Waals surface area contributed by atoms with Crippen molar-refractivity contribution in [3.63, 3.8) is 0 Å². The molecule has 1 atom stereocenters. The van der Waals surface area contributed by atoms with Gasteiger partial charge in [-0.3, -0.25) is 0 Å². The molecule has 0 N–H and O–H groups in total. The minimum absolute atomic E-state index is 0.613. The van der Waals surface area contributed by atoms with Gasteiger partial charge in [0, 0.05) is 25.8 Å². The molecule has 20 heavy (non-hydrogen) atoms. The monoisotopic (exact) mass is 293 g/mol. The van der Waals surface area contributed by atoms with E-state index in [-0.39, 0.29) is 0 Å². The van der Waals surface area contributed by atoms with E-state index in [4.69, 9.17) is 4.74 Å². The summed E-state index contributed by atoms with van der Waals surface area (Å²) in [5.41, 5.74) is 1.65. The zero-order valence-electron chi connectivity index (χ0n) is 13.7. The molecule has 114 valence electrons. The van der Waals surface area contributed by atoms with E-state index in [0.717, 1.165) is 13.0 Å². The maximum atomic E-state index is 5.44. The van der Waals surface area contributed by atoms with E-state index in [9.17, 15) is 0 Å². The van der Waals surface area contributed by atoms with E-state index >= 15 is 0 Å². The van der Waals surface area contributed by atoms with Gasteiger partial charge in [0.2, 0.25) is 0 Å². The molecular weight excluding hydrogens is 262 g/mol. The van der Waals surface area contributed by atoms with Crippen LogP contribution in [0.2, 0.25) is 18.1 Å². The second-order valence-corrected chi connectivity index (χ2v) is 11.5. The normalized spacial score (nSPS) is 23.2. The van der Waals surface area contributed by atoms with Crippen LogP contribution in [0.15, 0.2) is 23.0 Å². The van der Waals surface area contributed by atoms with Crippen LogP contribution in [0.3, 0.4) is 0 Å². The summed E-state index contributed by atoms with van der Waals surface area (Å²) in [6.07, 6.45) is 8.65. The fraction of sp³-hybridized carbons (Fsp3) is 0.765. The van der Waals surface area contributed by atoms with Crippen LogP contribution in [0.25, 0.3) is 0 Å². The lowest BCUT2D eigenvalue weighted by Gasteiger charge is -2.35. The van der Waals surface area contributed by atoms with E-state index in [1.54, 1.807) is 10.9 Å². The molecule has 2 rings (SSSR count). The van der Waals surface area contributed by atoms with Gasteiger partial charge in [0.25, 0.3) is 0 Å². The number of likely N-dealkylation sites (tertiary alicyclic amines) is 1. The predicted molar refractivity (Wildman–Crippen MR) is 89.6 cm³/mol. The Morgan fingerprint density at radius 1 is 1.25 bits per heavy atom. The van der Waals surface area contributed by atoms with Crippen molar-refractivity contribution in [1.29, 1.82) is 0 Å². The van der Waals surface area contributed by atoms with Crippen molar-refractivity contribution in [3.8, 4) is 0 Å². The Balaban J connectivity index is 2.31. The Kier molecular flexibility index (Phi) is 5.50. The lowest BCUT2D eigenvalue weighted by molar-refractivity contribution is 0.131. The Bertz CT molecular complexity index is 376. The number of methoxy groups -OCH3 is 1. The smallest absolute Gasteiger partial charge is 0.0881 e. The van der Waals surface area contributed by atoms with Gasteiger partial charge in [0.05, 0.1) is 20.7 Å². The Labute approximate surface area is 125 Å². The first-order valence-electron chi connectivity index (χ1n) is 8.38.